The van der Waals surface area contributed by atoms with Crippen molar-refractivity contribution in [3.05, 3.63) is 0 Å². The highest BCUT2D eigenvalue weighted by Gasteiger charge is 2.43. The molecule has 2 saturated carbocycles. The first-order chi connectivity index (χ1) is 10.0. The quantitative estimate of drug-likeness (QED) is 0.805. The average Bonchev–Trinajstić information content (AvgIpc) is 3.38. The van der Waals surface area contributed by atoms with Gasteiger partial charge in [0.1, 0.15) is 0 Å². The summed E-state index contributed by atoms with van der Waals surface area (Å²) in [5.74, 6) is 1.72. The second-order valence-electron chi connectivity index (χ2n) is 6.78. The number of amides is 1. The normalized spacial score (nSPS) is 25.2. The van der Waals surface area contributed by atoms with E-state index in [-0.39, 0.29) is 17.6 Å². The zero-order valence-corrected chi connectivity index (χ0v) is 13.6. The molecule has 0 spiro atoms. The number of piperidine rings is 1. The molecular weight excluding hydrogens is 288 g/mol. The van der Waals surface area contributed by atoms with Crippen LogP contribution in [0.4, 0.5) is 0 Å². The van der Waals surface area contributed by atoms with Crippen molar-refractivity contribution in [3.8, 4) is 0 Å². The summed E-state index contributed by atoms with van der Waals surface area (Å²) in [7, 11) is -3.10. The Morgan fingerprint density at radius 2 is 1.62 bits per heavy atom. The summed E-state index contributed by atoms with van der Waals surface area (Å²) in [4.78, 5) is 12.4. The Balaban J connectivity index is 1.50. The van der Waals surface area contributed by atoms with Gasteiger partial charge in [0.25, 0.3) is 0 Å². The number of hydrogen-bond acceptors (Lipinski definition) is 3. The van der Waals surface area contributed by atoms with Gasteiger partial charge in [0.15, 0.2) is 0 Å². The molecule has 0 atom stereocenters. The summed E-state index contributed by atoms with van der Waals surface area (Å²) in [6.45, 7) is 2.65. The van der Waals surface area contributed by atoms with E-state index >= 15 is 0 Å². The van der Waals surface area contributed by atoms with E-state index in [1.807, 2.05) is 0 Å². The lowest BCUT2D eigenvalue weighted by atomic mass is 9.96. The highest BCUT2D eigenvalue weighted by atomic mass is 32.2. The van der Waals surface area contributed by atoms with Crippen LogP contribution in [0.2, 0.25) is 0 Å². The van der Waals surface area contributed by atoms with Gasteiger partial charge in [0.05, 0.1) is 5.75 Å². The first kappa shape index (κ1) is 15.3. The third kappa shape index (κ3) is 3.59. The second-order valence-corrected chi connectivity index (χ2v) is 9.04. The minimum atomic E-state index is -3.10. The van der Waals surface area contributed by atoms with Crippen molar-refractivity contribution in [2.75, 3.05) is 18.8 Å². The zero-order valence-electron chi connectivity index (χ0n) is 12.8. The van der Waals surface area contributed by atoms with Gasteiger partial charge in [0, 0.05) is 25.0 Å². The monoisotopic (exact) mass is 314 g/mol. The van der Waals surface area contributed by atoms with Gasteiger partial charge < -0.3 is 5.32 Å². The summed E-state index contributed by atoms with van der Waals surface area (Å²) in [6.07, 6.45) is 6.35. The predicted octanol–water partition coefficient (Wildman–Crippen LogP) is 1.35. The maximum atomic E-state index is 12.4. The van der Waals surface area contributed by atoms with E-state index < -0.39 is 10.0 Å². The lowest BCUT2D eigenvalue weighted by Gasteiger charge is -2.31. The van der Waals surface area contributed by atoms with Crippen molar-refractivity contribution in [1.82, 2.24) is 9.62 Å². The van der Waals surface area contributed by atoms with Crippen LogP contribution in [-0.4, -0.2) is 43.5 Å². The lowest BCUT2D eigenvalue weighted by molar-refractivity contribution is -0.127. The number of carbonyl (C=O) groups is 1. The number of sulfonamides is 1. The first-order valence-electron chi connectivity index (χ1n) is 8.29. The van der Waals surface area contributed by atoms with Crippen molar-refractivity contribution in [1.29, 1.82) is 0 Å². The van der Waals surface area contributed by atoms with Gasteiger partial charge in [-0.05, 0) is 57.3 Å². The van der Waals surface area contributed by atoms with Crippen LogP contribution in [0, 0.1) is 17.8 Å². The molecule has 2 aliphatic carbocycles. The molecule has 3 aliphatic rings. The molecule has 5 nitrogen and oxygen atoms in total. The molecule has 1 aliphatic heterocycles. The van der Waals surface area contributed by atoms with Gasteiger partial charge in [0.2, 0.25) is 15.9 Å². The number of nitrogens with one attached hydrogen (secondary N) is 1. The molecule has 0 radical (unpaired) electrons. The second kappa shape index (κ2) is 5.88. The largest absolute Gasteiger partial charge is 0.353 e. The van der Waals surface area contributed by atoms with Crippen LogP contribution in [0.3, 0.4) is 0 Å². The van der Waals surface area contributed by atoms with Gasteiger partial charge in [-0.15, -0.1) is 0 Å². The molecule has 6 heteroatoms. The standard InChI is InChI=1S/C15H26N2O3S/c1-2-21(19,20)17-9-7-13(8-10-17)15(18)16-14(11-3-4-11)12-5-6-12/h11-14H,2-10H2,1H3,(H,16,18). The van der Waals surface area contributed by atoms with Crippen LogP contribution in [0.5, 0.6) is 0 Å². The highest BCUT2D eigenvalue weighted by molar-refractivity contribution is 7.89. The third-order valence-electron chi connectivity index (χ3n) is 5.15. The Morgan fingerprint density at radius 1 is 1.10 bits per heavy atom. The predicted molar refractivity (Wildman–Crippen MR) is 81.1 cm³/mol. The number of rotatable bonds is 6. The Kier molecular flexibility index (Phi) is 4.28. The van der Waals surface area contributed by atoms with Crippen molar-refractivity contribution in [2.24, 2.45) is 17.8 Å². The molecule has 1 heterocycles. The molecule has 120 valence electrons. The molecule has 0 bridgehead atoms. The fourth-order valence-electron chi connectivity index (χ4n) is 3.39. The molecule has 0 aromatic rings. The number of nitrogens with zero attached hydrogens (tertiary/aromatic N) is 1. The van der Waals surface area contributed by atoms with Crippen molar-refractivity contribution >= 4 is 15.9 Å². The summed E-state index contributed by atoms with van der Waals surface area (Å²) in [6, 6.07) is 0.398. The van der Waals surface area contributed by atoms with Gasteiger partial charge >= 0.3 is 0 Å². The van der Waals surface area contributed by atoms with Crippen molar-refractivity contribution in [2.45, 2.75) is 51.5 Å². The Morgan fingerprint density at radius 3 is 2.05 bits per heavy atom. The van der Waals surface area contributed by atoms with Crippen LogP contribution in [0.25, 0.3) is 0 Å². The van der Waals surface area contributed by atoms with Gasteiger partial charge in [-0.25, -0.2) is 12.7 Å². The van der Waals surface area contributed by atoms with E-state index in [1.54, 1.807) is 6.92 Å². The third-order valence-corrected chi connectivity index (χ3v) is 7.03. The summed E-state index contributed by atoms with van der Waals surface area (Å²) in [5, 5.41) is 3.27. The van der Waals surface area contributed by atoms with Gasteiger partial charge in [-0.2, -0.15) is 0 Å². The molecule has 1 N–H and O–H groups in total. The van der Waals surface area contributed by atoms with E-state index in [1.165, 1.54) is 30.0 Å². The minimum Gasteiger partial charge on any atom is -0.353 e. The van der Waals surface area contributed by atoms with Crippen molar-refractivity contribution < 1.29 is 13.2 Å². The summed E-state index contributed by atoms with van der Waals surface area (Å²) < 4.78 is 25.2. The SMILES string of the molecule is CCS(=O)(=O)N1CCC(C(=O)NC(C2CC2)C2CC2)CC1. The van der Waals surface area contributed by atoms with E-state index in [0.29, 0.717) is 43.8 Å². The number of hydrogen-bond donors (Lipinski definition) is 1. The van der Waals surface area contributed by atoms with E-state index in [0.717, 1.165) is 0 Å². The van der Waals surface area contributed by atoms with Crippen LogP contribution in [0.1, 0.15) is 45.4 Å². The maximum Gasteiger partial charge on any atom is 0.223 e. The van der Waals surface area contributed by atoms with Crippen LogP contribution >= 0.6 is 0 Å². The molecule has 0 aromatic carbocycles. The molecule has 3 fully saturated rings. The Hall–Kier alpha value is -0.620. The maximum absolute atomic E-state index is 12.4. The van der Waals surface area contributed by atoms with Gasteiger partial charge in [-0.3, -0.25) is 4.79 Å². The van der Waals surface area contributed by atoms with E-state index in [9.17, 15) is 13.2 Å². The minimum absolute atomic E-state index is 0.00620. The molecule has 3 rings (SSSR count). The van der Waals surface area contributed by atoms with E-state index in [4.69, 9.17) is 0 Å². The van der Waals surface area contributed by atoms with Crippen LogP contribution in [-0.2, 0) is 14.8 Å². The fourth-order valence-corrected chi connectivity index (χ4v) is 4.52. The summed E-state index contributed by atoms with van der Waals surface area (Å²) >= 11 is 0. The molecule has 0 unspecified atom stereocenters. The number of carbonyl (C=O) groups excluding carboxylic acids is 1. The Labute approximate surface area is 127 Å². The molecule has 1 saturated heterocycles. The van der Waals surface area contributed by atoms with Crippen LogP contribution in [0.15, 0.2) is 0 Å². The van der Waals surface area contributed by atoms with Crippen LogP contribution < -0.4 is 5.32 Å². The first-order valence-corrected chi connectivity index (χ1v) is 9.90. The Bertz CT molecular complexity index is 477. The van der Waals surface area contributed by atoms with Crippen molar-refractivity contribution in [3.63, 3.8) is 0 Å². The molecule has 0 aromatic heterocycles. The molecule has 1 amide bonds. The van der Waals surface area contributed by atoms with Gasteiger partial charge in [-0.1, -0.05) is 0 Å². The molecule has 21 heavy (non-hydrogen) atoms. The molecular formula is C15H26N2O3S. The fraction of sp³-hybridized carbons (Fsp3) is 0.933. The zero-order chi connectivity index (χ0) is 15.0. The van der Waals surface area contributed by atoms with E-state index in [2.05, 4.69) is 5.32 Å². The smallest absolute Gasteiger partial charge is 0.223 e. The highest BCUT2D eigenvalue weighted by Crippen LogP contribution is 2.44. The summed E-state index contributed by atoms with van der Waals surface area (Å²) in [5.41, 5.74) is 0. The average molecular weight is 314 g/mol. The topological polar surface area (TPSA) is 66.5 Å². The lowest BCUT2D eigenvalue weighted by Crippen LogP contribution is -2.46.